The van der Waals surface area contributed by atoms with Crippen LogP contribution in [0.5, 0.6) is 0 Å². The van der Waals surface area contributed by atoms with Crippen molar-refractivity contribution in [3.8, 4) is 5.69 Å². The number of rotatable bonds is 7. The minimum atomic E-state index is -0.611. The lowest BCUT2D eigenvalue weighted by molar-refractivity contribution is 0.0852. The molecule has 8 nitrogen and oxygen atoms in total. The van der Waals surface area contributed by atoms with Gasteiger partial charge in [0.2, 0.25) is 0 Å². The molecule has 0 atom stereocenters. The summed E-state index contributed by atoms with van der Waals surface area (Å²) in [5.41, 5.74) is 0.400. The minimum Gasteiger partial charge on any atom is -0.365 e. The van der Waals surface area contributed by atoms with Crippen LogP contribution in [0.25, 0.3) is 5.69 Å². The molecule has 0 amide bonds. The van der Waals surface area contributed by atoms with Gasteiger partial charge in [-0.1, -0.05) is 32.4 Å². The number of halogens is 1. The van der Waals surface area contributed by atoms with Crippen LogP contribution in [0.4, 0.5) is 5.82 Å². The van der Waals surface area contributed by atoms with Gasteiger partial charge in [-0.15, -0.1) is 11.3 Å². The molecule has 4 aromatic rings. The van der Waals surface area contributed by atoms with Crippen molar-refractivity contribution in [3.63, 3.8) is 0 Å². The Bertz CT molecular complexity index is 1340. The number of Topliss-reactive ketones (excluding diaryl/α,β-unsaturated/α-hetero) is 1. The molecular formula is C23H23ClN6O2S. The number of pyridine rings is 1. The molecule has 0 aliphatic carbocycles. The van der Waals surface area contributed by atoms with Crippen LogP contribution in [0.1, 0.15) is 41.8 Å². The van der Waals surface area contributed by atoms with E-state index < -0.39 is 5.41 Å². The molecule has 0 saturated carbocycles. The lowest BCUT2D eigenvalue weighted by Crippen LogP contribution is -2.26. The normalized spacial score (nSPS) is 11.5. The molecule has 0 aliphatic heterocycles. The minimum absolute atomic E-state index is 0.112. The molecule has 33 heavy (non-hydrogen) atoms. The Morgan fingerprint density at radius 1 is 1.18 bits per heavy atom. The van der Waals surface area contributed by atoms with Crippen LogP contribution in [-0.4, -0.2) is 30.3 Å². The van der Waals surface area contributed by atoms with Gasteiger partial charge in [0, 0.05) is 28.8 Å². The molecule has 0 fully saturated rings. The average Bonchev–Trinajstić information content (AvgIpc) is 3.39. The van der Waals surface area contributed by atoms with Crippen molar-refractivity contribution in [2.24, 2.45) is 5.41 Å². The maximum Gasteiger partial charge on any atom is 0.276 e. The molecule has 170 valence electrons. The van der Waals surface area contributed by atoms with E-state index in [2.05, 4.69) is 20.6 Å². The molecule has 4 aromatic heterocycles. The van der Waals surface area contributed by atoms with Crippen LogP contribution < -0.4 is 10.9 Å². The van der Waals surface area contributed by atoms with E-state index in [1.165, 1.54) is 20.6 Å². The highest BCUT2D eigenvalue weighted by atomic mass is 35.5. The van der Waals surface area contributed by atoms with Crippen LogP contribution >= 0.6 is 22.9 Å². The average molecular weight is 483 g/mol. The Balaban J connectivity index is 1.73. The molecule has 0 unspecified atom stereocenters. The Morgan fingerprint density at radius 3 is 2.67 bits per heavy atom. The molecule has 1 N–H and O–H groups in total. The van der Waals surface area contributed by atoms with E-state index in [-0.39, 0.29) is 23.6 Å². The molecule has 0 saturated heterocycles. The summed E-state index contributed by atoms with van der Waals surface area (Å²) in [6.07, 6.45) is 3.27. The number of hydrogen-bond donors (Lipinski definition) is 1. The van der Waals surface area contributed by atoms with E-state index in [1.54, 1.807) is 42.7 Å². The summed E-state index contributed by atoms with van der Waals surface area (Å²) in [5.74, 6) is 0.431. The Kier molecular flexibility index (Phi) is 6.44. The first-order valence-electron chi connectivity index (χ1n) is 10.3. The monoisotopic (exact) mass is 482 g/mol. The van der Waals surface area contributed by atoms with E-state index >= 15 is 0 Å². The fourth-order valence-electron chi connectivity index (χ4n) is 3.21. The second kappa shape index (κ2) is 9.29. The fourth-order valence-corrected chi connectivity index (χ4v) is 4.24. The zero-order chi connectivity index (χ0) is 23.6. The van der Waals surface area contributed by atoms with Crippen molar-refractivity contribution < 1.29 is 4.79 Å². The van der Waals surface area contributed by atoms with E-state index in [0.29, 0.717) is 28.1 Å². The highest BCUT2D eigenvalue weighted by molar-refractivity contribution is 7.16. The summed E-state index contributed by atoms with van der Waals surface area (Å²) in [7, 11) is 0. The van der Waals surface area contributed by atoms with Crippen molar-refractivity contribution >= 4 is 34.5 Å². The molecular weight excluding hydrogens is 460 g/mol. The van der Waals surface area contributed by atoms with Gasteiger partial charge in [0.15, 0.2) is 5.78 Å². The van der Waals surface area contributed by atoms with Crippen LogP contribution in [0.2, 0.25) is 4.34 Å². The van der Waals surface area contributed by atoms with Crippen LogP contribution in [0.15, 0.2) is 59.7 Å². The number of carbonyl (C=O) groups is 1. The highest BCUT2D eigenvalue weighted by Gasteiger charge is 2.27. The first-order chi connectivity index (χ1) is 15.7. The Hall–Kier alpha value is -3.30. The second-order valence-electron chi connectivity index (χ2n) is 8.51. The number of carbonyl (C=O) groups excluding carboxylic acids is 1. The van der Waals surface area contributed by atoms with Gasteiger partial charge in [-0.25, -0.2) is 4.68 Å². The van der Waals surface area contributed by atoms with Gasteiger partial charge < -0.3 is 9.88 Å². The van der Waals surface area contributed by atoms with Gasteiger partial charge in [0.05, 0.1) is 23.1 Å². The summed E-state index contributed by atoms with van der Waals surface area (Å²) in [5, 5.41) is 15.7. The smallest absolute Gasteiger partial charge is 0.276 e. The standard InChI is InChI=1S/C23H23ClN6O2S/c1-23(2,3)21(31)17-12-20(25-13-16-8-9-19(24)33-16)30(28-17)18-7-5-11-29(22(18)32)14-15-6-4-10-26-27-15/h4-12,25H,13-14H2,1-3H3. The molecule has 10 heteroatoms. The predicted molar refractivity (Wildman–Crippen MR) is 129 cm³/mol. The number of ketones is 1. The topological polar surface area (TPSA) is 94.7 Å². The number of nitrogens with zero attached hydrogens (tertiary/aromatic N) is 5. The number of hydrogen-bond acceptors (Lipinski definition) is 7. The largest absolute Gasteiger partial charge is 0.365 e. The van der Waals surface area contributed by atoms with E-state index in [4.69, 9.17) is 11.6 Å². The maximum atomic E-state index is 13.3. The van der Waals surface area contributed by atoms with Crippen LogP contribution in [-0.2, 0) is 13.1 Å². The van der Waals surface area contributed by atoms with Gasteiger partial charge in [-0.05, 0) is 36.4 Å². The molecule has 4 heterocycles. The molecule has 0 aromatic carbocycles. The number of nitrogens with one attached hydrogen (secondary N) is 1. The van der Waals surface area contributed by atoms with Crippen molar-refractivity contribution in [1.29, 1.82) is 0 Å². The second-order valence-corrected chi connectivity index (χ2v) is 10.3. The van der Waals surface area contributed by atoms with Crippen molar-refractivity contribution in [1.82, 2.24) is 24.5 Å². The van der Waals surface area contributed by atoms with Gasteiger partial charge in [0.25, 0.3) is 5.56 Å². The van der Waals surface area contributed by atoms with Crippen LogP contribution in [0, 0.1) is 5.41 Å². The van der Waals surface area contributed by atoms with E-state index in [0.717, 1.165) is 4.88 Å². The molecule has 4 rings (SSSR count). The summed E-state index contributed by atoms with van der Waals surface area (Å²) in [6, 6.07) is 12.5. The Morgan fingerprint density at radius 2 is 2.00 bits per heavy atom. The van der Waals surface area contributed by atoms with Gasteiger partial charge in [0.1, 0.15) is 17.2 Å². The highest BCUT2D eigenvalue weighted by Crippen LogP contribution is 2.26. The summed E-state index contributed by atoms with van der Waals surface area (Å²) in [6.45, 7) is 6.27. The zero-order valence-electron chi connectivity index (χ0n) is 18.4. The van der Waals surface area contributed by atoms with E-state index in [9.17, 15) is 9.59 Å². The summed E-state index contributed by atoms with van der Waals surface area (Å²) < 4.78 is 3.72. The van der Waals surface area contributed by atoms with Crippen molar-refractivity contribution in [2.75, 3.05) is 5.32 Å². The first kappa shape index (κ1) is 22.9. The van der Waals surface area contributed by atoms with Crippen molar-refractivity contribution in [3.05, 3.63) is 85.8 Å². The molecule has 0 aliphatic rings. The third-order valence-corrected chi connectivity index (χ3v) is 6.12. The third kappa shape index (κ3) is 5.20. The zero-order valence-corrected chi connectivity index (χ0v) is 20.0. The Labute approximate surface area is 199 Å². The third-order valence-electron chi connectivity index (χ3n) is 4.88. The maximum absolute atomic E-state index is 13.3. The van der Waals surface area contributed by atoms with Crippen molar-refractivity contribution in [2.45, 2.75) is 33.9 Å². The van der Waals surface area contributed by atoms with Gasteiger partial charge in [-0.2, -0.15) is 15.3 Å². The molecule has 0 radical (unpaired) electrons. The number of thiophene rings is 1. The van der Waals surface area contributed by atoms with Gasteiger partial charge >= 0.3 is 0 Å². The summed E-state index contributed by atoms with van der Waals surface area (Å²) >= 11 is 7.51. The lowest BCUT2D eigenvalue weighted by atomic mass is 9.89. The molecule has 0 spiro atoms. The quantitative estimate of drug-likeness (QED) is 0.391. The predicted octanol–water partition coefficient (Wildman–Crippen LogP) is 4.43. The first-order valence-corrected chi connectivity index (χ1v) is 11.5. The van der Waals surface area contributed by atoms with Crippen LogP contribution in [0.3, 0.4) is 0 Å². The fraction of sp³-hybridized carbons (Fsp3) is 0.261. The number of anilines is 1. The molecule has 0 bridgehead atoms. The SMILES string of the molecule is CC(C)(C)C(=O)c1cc(NCc2ccc(Cl)s2)n(-c2cccn(Cc3cccnn3)c2=O)n1. The summed E-state index contributed by atoms with van der Waals surface area (Å²) in [4.78, 5) is 27.2. The van der Waals surface area contributed by atoms with Gasteiger partial charge in [-0.3, -0.25) is 9.59 Å². The lowest BCUT2D eigenvalue weighted by Gasteiger charge is -2.14. The number of aromatic nitrogens is 5. The van der Waals surface area contributed by atoms with E-state index in [1.807, 2.05) is 32.9 Å².